The van der Waals surface area contributed by atoms with Gasteiger partial charge in [0.25, 0.3) is 5.91 Å². The number of hydrogen-bond acceptors (Lipinski definition) is 5. The highest BCUT2D eigenvalue weighted by molar-refractivity contribution is 6.01. The quantitative estimate of drug-likeness (QED) is 0.662. The van der Waals surface area contributed by atoms with Crippen LogP contribution in [0, 0.1) is 11.3 Å². The molecule has 0 aliphatic carbocycles. The summed E-state index contributed by atoms with van der Waals surface area (Å²) in [5, 5.41) is 12.1. The predicted molar refractivity (Wildman–Crippen MR) is 95.9 cm³/mol. The maximum atomic E-state index is 12.3. The number of nitrogens with zero attached hydrogens (tertiary/aromatic N) is 1. The number of rotatable bonds is 5. The maximum absolute atomic E-state index is 12.3. The van der Waals surface area contributed by atoms with Crippen LogP contribution in [0.25, 0.3) is 6.08 Å². The molecule has 0 saturated carbocycles. The fourth-order valence-electron chi connectivity index (χ4n) is 2.57. The molecule has 0 unspecified atom stereocenters. The molecule has 1 aliphatic rings. The van der Waals surface area contributed by atoms with Gasteiger partial charge in [-0.05, 0) is 29.3 Å². The summed E-state index contributed by atoms with van der Waals surface area (Å²) in [6, 6.07) is 14.9. The van der Waals surface area contributed by atoms with Gasteiger partial charge < -0.3 is 19.5 Å². The number of benzene rings is 2. The molecule has 1 amide bonds. The van der Waals surface area contributed by atoms with Crippen molar-refractivity contribution in [2.75, 3.05) is 20.3 Å². The van der Waals surface area contributed by atoms with Crippen LogP contribution in [0.1, 0.15) is 11.1 Å². The monoisotopic (exact) mass is 350 g/mol. The number of nitriles is 1. The van der Waals surface area contributed by atoms with E-state index in [9.17, 15) is 10.1 Å². The van der Waals surface area contributed by atoms with E-state index < -0.39 is 5.91 Å². The number of amides is 1. The lowest BCUT2D eigenvalue weighted by Crippen LogP contribution is -2.23. The summed E-state index contributed by atoms with van der Waals surface area (Å²) >= 11 is 0. The average Bonchev–Trinajstić information content (AvgIpc) is 2.70. The minimum absolute atomic E-state index is 0.000313. The topological polar surface area (TPSA) is 80.6 Å². The number of nitrogens with one attached hydrogen (secondary N) is 1. The van der Waals surface area contributed by atoms with Crippen molar-refractivity contribution in [3.8, 4) is 23.3 Å². The molecule has 0 aromatic heterocycles. The second-order valence-electron chi connectivity index (χ2n) is 5.59. The van der Waals surface area contributed by atoms with Crippen LogP contribution in [0.15, 0.2) is 48.0 Å². The van der Waals surface area contributed by atoms with Crippen molar-refractivity contribution in [2.45, 2.75) is 6.54 Å². The number of hydrogen-bond donors (Lipinski definition) is 1. The Morgan fingerprint density at radius 2 is 2.04 bits per heavy atom. The lowest BCUT2D eigenvalue weighted by atomic mass is 10.1. The molecule has 1 N–H and O–H groups in total. The summed E-state index contributed by atoms with van der Waals surface area (Å²) in [4.78, 5) is 12.3. The van der Waals surface area contributed by atoms with Gasteiger partial charge in [0.15, 0.2) is 11.5 Å². The van der Waals surface area contributed by atoms with Crippen LogP contribution in [0.4, 0.5) is 0 Å². The summed E-state index contributed by atoms with van der Waals surface area (Å²) in [7, 11) is 1.53. The lowest BCUT2D eigenvalue weighted by molar-refractivity contribution is -0.117. The van der Waals surface area contributed by atoms with Gasteiger partial charge in [-0.15, -0.1) is 0 Å². The van der Waals surface area contributed by atoms with Crippen LogP contribution >= 0.6 is 0 Å². The van der Waals surface area contributed by atoms with E-state index in [1.54, 1.807) is 12.1 Å². The first-order valence-corrected chi connectivity index (χ1v) is 8.13. The summed E-state index contributed by atoms with van der Waals surface area (Å²) in [6.07, 6.45) is 1.50. The summed E-state index contributed by atoms with van der Waals surface area (Å²) < 4.78 is 16.4. The van der Waals surface area contributed by atoms with E-state index in [-0.39, 0.29) is 5.57 Å². The van der Waals surface area contributed by atoms with E-state index in [1.165, 1.54) is 13.2 Å². The highest BCUT2D eigenvalue weighted by Gasteiger charge is 2.18. The molecule has 0 bridgehead atoms. The van der Waals surface area contributed by atoms with Gasteiger partial charge in [0.2, 0.25) is 5.75 Å². The molecule has 26 heavy (non-hydrogen) atoms. The summed E-state index contributed by atoms with van der Waals surface area (Å²) in [5.74, 6) is 1.12. The Hall–Kier alpha value is -3.46. The molecule has 0 radical (unpaired) electrons. The van der Waals surface area contributed by atoms with Crippen LogP contribution in [0.3, 0.4) is 0 Å². The van der Waals surface area contributed by atoms with E-state index >= 15 is 0 Å². The Morgan fingerprint density at radius 3 is 2.77 bits per heavy atom. The second-order valence-corrected chi connectivity index (χ2v) is 5.59. The molecule has 6 nitrogen and oxygen atoms in total. The number of carbonyl (C=O) groups is 1. The highest BCUT2D eigenvalue weighted by atomic mass is 16.6. The van der Waals surface area contributed by atoms with Crippen LogP contribution in [0.5, 0.6) is 17.2 Å². The highest BCUT2D eigenvalue weighted by Crippen LogP contribution is 2.40. The maximum Gasteiger partial charge on any atom is 0.262 e. The molecule has 0 spiro atoms. The number of fused-ring (bicyclic) bond motifs is 1. The largest absolute Gasteiger partial charge is 0.493 e. The van der Waals surface area contributed by atoms with E-state index in [1.807, 2.05) is 36.4 Å². The van der Waals surface area contributed by atoms with E-state index in [2.05, 4.69) is 5.32 Å². The lowest BCUT2D eigenvalue weighted by Gasteiger charge is -2.21. The van der Waals surface area contributed by atoms with Gasteiger partial charge >= 0.3 is 0 Å². The molecule has 2 aromatic carbocycles. The van der Waals surface area contributed by atoms with Gasteiger partial charge in [0.05, 0.1) is 7.11 Å². The fourth-order valence-corrected chi connectivity index (χ4v) is 2.57. The van der Waals surface area contributed by atoms with E-state index in [0.29, 0.717) is 42.6 Å². The van der Waals surface area contributed by atoms with Crippen LogP contribution < -0.4 is 19.5 Å². The molecule has 3 rings (SSSR count). The molecular weight excluding hydrogens is 332 g/mol. The zero-order valence-electron chi connectivity index (χ0n) is 14.3. The van der Waals surface area contributed by atoms with Gasteiger partial charge in [-0.3, -0.25) is 4.79 Å². The molecule has 1 heterocycles. The molecular formula is C20H18N2O4. The van der Waals surface area contributed by atoms with Crippen molar-refractivity contribution in [1.29, 1.82) is 5.26 Å². The minimum Gasteiger partial charge on any atom is -0.493 e. The fraction of sp³-hybridized carbons (Fsp3) is 0.200. The number of methoxy groups -OCH3 is 1. The Morgan fingerprint density at radius 1 is 1.27 bits per heavy atom. The molecule has 0 fully saturated rings. The third kappa shape index (κ3) is 3.95. The SMILES string of the molecule is COc1cc(/C=C(/C#N)C(=O)NCc2ccccc2)cc2c1OCCO2. The first-order chi connectivity index (χ1) is 12.7. The molecule has 132 valence electrons. The molecule has 0 atom stereocenters. The first-order valence-electron chi connectivity index (χ1n) is 8.13. The van der Waals surface area contributed by atoms with E-state index in [0.717, 1.165) is 5.56 Å². The first kappa shape index (κ1) is 17.4. The van der Waals surface area contributed by atoms with Crippen LogP contribution in [-0.4, -0.2) is 26.2 Å². The third-order valence-corrected chi connectivity index (χ3v) is 3.82. The summed E-state index contributed by atoms with van der Waals surface area (Å²) in [5.41, 5.74) is 1.58. The molecule has 6 heteroatoms. The minimum atomic E-state index is -0.440. The predicted octanol–water partition coefficient (Wildman–Crippen LogP) is 2.69. The van der Waals surface area contributed by atoms with Crippen LogP contribution in [0.2, 0.25) is 0 Å². The normalized spacial score (nSPS) is 12.8. The zero-order chi connectivity index (χ0) is 18.4. The smallest absolute Gasteiger partial charge is 0.262 e. The van der Waals surface area contributed by atoms with Gasteiger partial charge in [-0.1, -0.05) is 30.3 Å². The third-order valence-electron chi connectivity index (χ3n) is 3.82. The molecule has 1 aliphatic heterocycles. The standard InChI is InChI=1S/C20H18N2O4/c1-24-17-10-15(11-18-19(17)26-8-7-25-18)9-16(12-21)20(23)22-13-14-5-3-2-4-6-14/h2-6,9-11H,7-8,13H2,1H3,(H,22,23)/b16-9-. The Bertz CT molecular complexity index is 852. The average molecular weight is 350 g/mol. The Labute approximate surface area is 151 Å². The summed E-state index contributed by atoms with van der Waals surface area (Å²) in [6.45, 7) is 1.24. The Kier molecular flexibility index (Phi) is 5.40. The van der Waals surface area contributed by atoms with Crippen LogP contribution in [-0.2, 0) is 11.3 Å². The van der Waals surface area contributed by atoms with Gasteiger partial charge in [0.1, 0.15) is 24.9 Å². The van der Waals surface area contributed by atoms with Crippen molar-refractivity contribution in [3.05, 3.63) is 59.2 Å². The van der Waals surface area contributed by atoms with E-state index in [4.69, 9.17) is 14.2 Å². The van der Waals surface area contributed by atoms with Gasteiger partial charge in [-0.2, -0.15) is 5.26 Å². The van der Waals surface area contributed by atoms with Gasteiger partial charge in [-0.25, -0.2) is 0 Å². The number of carbonyl (C=O) groups excluding carboxylic acids is 1. The van der Waals surface area contributed by atoms with Crippen molar-refractivity contribution >= 4 is 12.0 Å². The number of ether oxygens (including phenoxy) is 3. The van der Waals surface area contributed by atoms with Gasteiger partial charge in [0, 0.05) is 6.54 Å². The molecule has 2 aromatic rings. The van der Waals surface area contributed by atoms with Crippen molar-refractivity contribution in [1.82, 2.24) is 5.32 Å². The van der Waals surface area contributed by atoms with Crippen molar-refractivity contribution < 1.29 is 19.0 Å². The van der Waals surface area contributed by atoms with Crippen molar-refractivity contribution in [3.63, 3.8) is 0 Å². The zero-order valence-corrected chi connectivity index (χ0v) is 14.3. The Balaban J connectivity index is 1.80. The van der Waals surface area contributed by atoms with Crippen molar-refractivity contribution in [2.24, 2.45) is 0 Å². The second kappa shape index (κ2) is 8.08. The molecule has 0 saturated heterocycles.